The minimum absolute atomic E-state index is 0.0709. The summed E-state index contributed by atoms with van der Waals surface area (Å²) in [6.07, 6.45) is 5.98. The number of nitrogens with zero attached hydrogens (tertiary/aromatic N) is 5. The first-order valence-electron chi connectivity index (χ1n) is 15.2. The van der Waals surface area contributed by atoms with Gasteiger partial charge in [-0.15, -0.1) is 0 Å². The van der Waals surface area contributed by atoms with Crippen LogP contribution in [0.5, 0.6) is 0 Å². The van der Waals surface area contributed by atoms with Gasteiger partial charge in [0.2, 0.25) is 0 Å². The number of carbonyl (C=O) groups is 2. The number of ketones is 1. The van der Waals surface area contributed by atoms with E-state index >= 15 is 0 Å². The van der Waals surface area contributed by atoms with Crippen molar-refractivity contribution in [2.75, 3.05) is 44.3 Å². The highest BCUT2D eigenvalue weighted by atomic mass is 16.5. The van der Waals surface area contributed by atoms with Crippen LogP contribution in [0.25, 0.3) is 10.4 Å². The normalized spacial score (nSPS) is 24.3. The molecule has 2 aliphatic heterocycles. The Hall–Kier alpha value is -3.23. The van der Waals surface area contributed by atoms with Crippen LogP contribution in [0, 0.1) is 11.8 Å². The highest BCUT2D eigenvalue weighted by Gasteiger charge is 2.50. The molecular weight excluding hydrogens is 516 g/mol. The summed E-state index contributed by atoms with van der Waals surface area (Å²) in [6.45, 7) is 7.72. The minimum Gasteiger partial charge on any atom is -0.379 e. The fourth-order valence-corrected chi connectivity index (χ4v) is 6.93. The summed E-state index contributed by atoms with van der Waals surface area (Å²) in [6, 6.07) is 15.0. The van der Waals surface area contributed by atoms with Crippen LogP contribution in [0.1, 0.15) is 71.7 Å². The number of unbranched alkanes of at least 4 members (excludes halogenated alkanes) is 2. The Morgan fingerprint density at radius 2 is 1.93 bits per heavy atom. The molecule has 2 fully saturated rings. The summed E-state index contributed by atoms with van der Waals surface area (Å²) in [5.41, 5.74) is 11.5. The summed E-state index contributed by atoms with van der Waals surface area (Å²) >= 11 is 0. The second-order valence-electron chi connectivity index (χ2n) is 11.6. The topological polar surface area (TPSA) is 111 Å². The van der Waals surface area contributed by atoms with Gasteiger partial charge in [0, 0.05) is 60.2 Å². The maximum Gasteiger partial charge on any atom is 0.258 e. The number of rotatable bonds is 11. The lowest BCUT2D eigenvalue weighted by Gasteiger charge is -2.49. The summed E-state index contributed by atoms with van der Waals surface area (Å²) in [5, 5.41) is 7.52. The zero-order valence-electron chi connectivity index (χ0n) is 24.1. The van der Waals surface area contributed by atoms with Gasteiger partial charge >= 0.3 is 0 Å². The molecule has 1 N–H and O–H groups in total. The fourth-order valence-electron chi connectivity index (χ4n) is 6.93. The van der Waals surface area contributed by atoms with E-state index in [-0.39, 0.29) is 42.2 Å². The predicted molar refractivity (Wildman–Crippen MR) is 160 cm³/mol. The van der Waals surface area contributed by atoms with Crippen molar-refractivity contribution >= 4 is 17.4 Å². The molecule has 1 saturated heterocycles. The molecule has 4 atom stereocenters. The molecule has 2 aromatic rings. The Morgan fingerprint density at radius 1 is 1.12 bits per heavy atom. The molecule has 0 spiro atoms. The molecule has 2 heterocycles. The number of Topliss-reactive ketones (excluding diaryl/α,β-unsaturated/α-hetero) is 1. The van der Waals surface area contributed by atoms with Crippen LogP contribution in [0.15, 0.2) is 53.6 Å². The van der Waals surface area contributed by atoms with Gasteiger partial charge in [0.05, 0.1) is 25.4 Å². The van der Waals surface area contributed by atoms with E-state index in [0.29, 0.717) is 16.8 Å². The minimum atomic E-state index is -0.251. The fraction of sp³-hybridized carbons (Fsp3) is 0.562. The zero-order valence-corrected chi connectivity index (χ0v) is 24.1. The van der Waals surface area contributed by atoms with Crippen LogP contribution < -0.4 is 10.2 Å². The number of fused-ring (bicyclic) bond motifs is 2. The van der Waals surface area contributed by atoms with Crippen LogP contribution in [-0.2, 0) is 11.3 Å². The molecule has 9 nitrogen and oxygen atoms in total. The second kappa shape index (κ2) is 14.1. The van der Waals surface area contributed by atoms with Crippen LogP contribution in [0.3, 0.4) is 0 Å². The highest BCUT2D eigenvalue weighted by Crippen LogP contribution is 2.46. The number of morpholine rings is 1. The third-order valence-electron chi connectivity index (χ3n) is 8.96. The Bertz CT molecular complexity index is 1240. The lowest BCUT2D eigenvalue weighted by atomic mass is 9.66. The molecular formula is C32H42N6O3. The zero-order chi connectivity index (χ0) is 28.6. The number of anilines is 1. The number of ether oxygens (including phenoxy) is 1. The van der Waals surface area contributed by atoms with E-state index < -0.39 is 0 Å². The Morgan fingerprint density at radius 3 is 2.68 bits per heavy atom. The first kappa shape index (κ1) is 29.3. The van der Waals surface area contributed by atoms with Crippen LogP contribution >= 0.6 is 0 Å². The van der Waals surface area contributed by atoms with Gasteiger partial charge in [0.1, 0.15) is 0 Å². The van der Waals surface area contributed by atoms with Gasteiger partial charge in [-0.1, -0.05) is 55.6 Å². The van der Waals surface area contributed by atoms with Gasteiger partial charge in [-0.3, -0.25) is 14.5 Å². The van der Waals surface area contributed by atoms with Crippen molar-refractivity contribution in [1.82, 2.24) is 10.2 Å². The SMILES string of the molecule is CCCCC[C@H]1C[C@H](NCCN2CCOCC2)C[C@@H]2[C@H]1C(=O)c1cc(CN=[N+]=[N-])ccc1N2C(=O)c1ccccc1. The monoisotopic (exact) mass is 558 g/mol. The smallest absolute Gasteiger partial charge is 0.258 e. The van der Waals surface area contributed by atoms with E-state index in [1.165, 1.54) is 0 Å². The average Bonchev–Trinajstić information content (AvgIpc) is 3.01. The molecule has 3 aliphatic rings. The van der Waals surface area contributed by atoms with Crippen molar-refractivity contribution in [3.05, 3.63) is 75.7 Å². The van der Waals surface area contributed by atoms with Gasteiger partial charge in [-0.05, 0) is 60.5 Å². The molecule has 41 heavy (non-hydrogen) atoms. The predicted octanol–water partition coefficient (Wildman–Crippen LogP) is 5.61. The first-order valence-corrected chi connectivity index (χ1v) is 15.2. The molecule has 218 valence electrons. The van der Waals surface area contributed by atoms with E-state index in [1.54, 1.807) is 0 Å². The Balaban J connectivity index is 1.47. The Kier molecular flexibility index (Phi) is 10.1. The lowest BCUT2D eigenvalue weighted by molar-refractivity contribution is 0.0374. The van der Waals surface area contributed by atoms with E-state index in [4.69, 9.17) is 10.3 Å². The van der Waals surface area contributed by atoms with Crippen molar-refractivity contribution in [2.24, 2.45) is 17.0 Å². The number of nitrogens with one attached hydrogen (secondary N) is 1. The largest absolute Gasteiger partial charge is 0.379 e. The van der Waals surface area contributed by atoms with Crippen LogP contribution in [0.4, 0.5) is 5.69 Å². The van der Waals surface area contributed by atoms with Crippen LogP contribution in [-0.4, -0.2) is 68.1 Å². The maximum atomic E-state index is 14.3. The molecule has 1 aliphatic carbocycles. The number of azide groups is 1. The number of hydrogen-bond acceptors (Lipinski definition) is 6. The van der Waals surface area contributed by atoms with Gasteiger partial charge in [-0.25, -0.2) is 0 Å². The van der Waals surface area contributed by atoms with E-state index in [2.05, 4.69) is 27.2 Å². The number of hydrogen-bond donors (Lipinski definition) is 1. The van der Waals surface area contributed by atoms with Crippen LogP contribution in [0.2, 0.25) is 0 Å². The van der Waals surface area contributed by atoms with Crippen molar-refractivity contribution in [1.29, 1.82) is 0 Å². The molecule has 5 rings (SSSR count). The third kappa shape index (κ3) is 6.81. The van der Waals surface area contributed by atoms with Crippen molar-refractivity contribution in [3.8, 4) is 0 Å². The number of carbonyl (C=O) groups excluding carboxylic acids is 2. The molecule has 9 heteroatoms. The molecule has 2 aromatic carbocycles. The maximum absolute atomic E-state index is 14.3. The number of amides is 1. The molecule has 0 radical (unpaired) electrons. The third-order valence-corrected chi connectivity index (χ3v) is 8.96. The van der Waals surface area contributed by atoms with Gasteiger partial charge < -0.3 is 15.0 Å². The quantitative estimate of drug-likeness (QED) is 0.167. The first-order chi connectivity index (χ1) is 20.1. The summed E-state index contributed by atoms with van der Waals surface area (Å²) < 4.78 is 5.50. The lowest BCUT2D eigenvalue weighted by Crippen LogP contribution is -2.59. The molecule has 1 amide bonds. The van der Waals surface area contributed by atoms with Gasteiger partial charge in [0.15, 0.2) is 5.78 Å². The summed E-state index contributed by atoms with van der Waals surface area (Å²) in [4.78, 5) is 35.7. The van der Waals surface area contributed by atoms with E-state index in [1.807, 2.05) is 53.4 Å². The summed E-state index contributed by atoms with van der Waals surface area (Å²) in [7, 11) is 0. The Labute approximate surface area is 242 Å². The molecule has 0 unspecified atom stereocenters. The van der Waals surface area contributed by atoms with E-state index in [9.17, 15) is 9.59 Å². The van der Waals surface area contributed by atoms with E-state index in [0.717, 1.165) is 83.5 Å². The second-order valence-corrected chi connectivity index (χ2v) is 11.6. The van der Waals surface area contributed by atoms with Gasteiger partial charge in [-0.2, -0.15) is 0 Å². The van der Waals surface area contributed by atoms with Crippen molar-refractivity contribution < 1.29 is 14.3 Å². The van der Waals surface area contributed by atoms with Crippen molar-refractivity contribution in [3.63, 3.8) is 0 Å². The van der Waals surface area contributed by atoms with Gasteiger partial charge in [0.25, 0.3) is 5.91 Å². The average molecular weight is 559 g/mol. The van der Waals surface area contributed by atoms with Crippen molar-refractivity contribution in [2.45, 2.75) is 64.1 Å². The molecule has 1 saturated carbocycles. The highest BCUT2D eigenvalue weighted by molar-refractivity contribution is 6.15. The number of benzene rings is 2. The molecule has 0 aromatic heterocycles. The molecule has 0 bridgehead atoms. The standard InChI is InChI=1S/C32H42N6O3/c1-2-3-5-10-25-20-26(34-13-14-37-15-17-41-18-16-37)21-29-30(25)31(39)27-19-23(22-35-36-33)11-12-28(27)38(29)32(40)24-8-6-4-7-9-24/h4,6-9,11-12,19,25-26,29-30,34H,2-3,5,10,13-18,20-22H2,1H3/t25-,26-,29+,30-/m0/s1. The summed E-state index contributed by atoms with van der Waals surface area (Å²) in [5.74, 6) is -0.00990.